The van der Waals surface area contributed by atoms with Gasteiger partial charge >= 0.3 is 0 Å². The molecular formula is C28H22N2O. The molecule has 0 radical (unpaired) electrons. The summed E-state index contributed by atoms with van der Waals surface area (Å²) in [5.74, 6) is -0.261. The highest BCUT2D eigenvalue weighted by Gasteiger charge is 2.72. The van der Waals surface area contributed by atoms with Gasteiger partial charge in [0.15, 0.2) is 0 Å². The van der Waals surface area contributed by atoms with Gasteiger partial charge in [0, 0.05) is 11.8 Å². The van der Waals surface area contributed by atoms with Crippen LogP contribution in [0.2, 0.25) is 0 Å². The maximum atomic E-state index is 9.87. The van der Waals surface area contributed by atoms with Crippen molar-refractivity contribution in [1.82, 2.24) is 0 Å². The van der Waals surface area contributed by atoms with Crippen molar-refractivity contribution in [3.05, 3.63) is 107 Å². The third-order valence-corrected chi connectivity index (χ3v) is 7.82. The van der Waals surface area contributed by atoms with Crippen molar-refractivity contribution in [2.45, 2.75) is 24.0 Å². The number of fused-ring (bicyclic) bond motifs is 8. The molecule has 0 spiro atoms. The van der Waals surface area contributed by atoms with Crippen LogP contribution >= 0.6 is 0 Å². The van der Waals surface area contributed by atoms with Crippen LogP contribution < -0.4 is 0 Å². The first-order chi connectivity index (χ1) is 15.3. The molecular weight excluding hydrogens is 380 g/mol. The Morgan fingerprint density at radius 3 is 1.39 bits per heavy atom. The van der Waals surface area contributed by atoms with Gasteiger partial charge in [0.2, 0.25) is 0 Å². The van der Waals surface area contributed by atoms with Crippen LogP contribution in [0.4, 0.5) is 0 Å². The van der Waals surface area contributed by atoms with Gasteiger partial charge in [-0.2, -0.15) is 10.5 Å². The van der Waals surface area contributed by atoms with E-state index < -0.39 is 11.2 Å². The minimum absolute atomic E-state index is 0.138. The van der Waals surface area contributed by atoms with Crippen molar-refractivity contribution in [2.75, 3.05) is 0 Å². The summed E-state index contributed by atoms with van der Waals surface area (Å²) in [7, 11) is 0. The second-order valence-corrected chi connectivity index (χ2v) is 9.01. The van der Waals surface area contributed by atoms with Crippen LogP contribution in [-0.2, 0) is 15.9 Å². The van der Waals surface area contributed by atoms with Crippen LogP contribution in [0.15, 0.2) is 84.9 Å². The Bertz CT molecular complexity index is 1130. The molecule has 3 nitrogen and oxygen atoms in total. The third-order valence-electron chi connectivity index (χ3n) is 7.82. The van der Waals surface area contributed by atoms with E-state index in [0.717, 1.165) is 11.1 Å². The van der Waals surface area contributed by atoms with E-state index in [4.69, 9.17) is 4.74 Å². The molecule has 3 aromatic carbocycles. The monoisotopic (exact) mass is 402 g/mol. The molecule has 6 rings (SSSR count). The van der Waals surface area contributed by atoms with Crippen LogP contribution in [0.5, 0.6) is 0 Å². The number of nitrogens with zero attached hydrogens (tertiary/aromatic N) is 2. The Morgan fingerprint density at radius 1 is 0.613 bits per heavy atom. The van der Waals surface area contributed by atoms with Gasteiger partial charge in [-0.25, -0.2) is 0 Å². The zero-order valence-corrected chi connectivity index (χ0v) is 17.1. The molecule has 150 valence electrons. The fourth-order valence-corrected chi connectivity index (χ4v) is 6.66. The molecule has 1 saturated heterocycles. The Balaban J connectivity index is 1.67. The number of ether oxygens (including phenoxy) is 1. The van der Waals surface area contributed by atoms with Crippen molar-refractivity contribution in [3.63, 3.8) is 0 Å². The normalized spacial score (nSPS) is 34.9. The smallest absolute Gasteiger partial charge is 0.123 e. The highest BCUT2D eigenvalue weighted by atomic mass is 16.5. The molecule has 2 bridgehead atoms. The second kappa shape index (κ2) is 6.55. The molecule has 3 heteroatoms. The summed E-state index contributed by atoms with van der Waals surface area (Å²) in [5.41, 5.74) is 3.48. The lowest BCUT2D eigenvalue weighted by Crippen LogP contribution is -2.46. The van der Waals surface area contributed by atoms with Gasteiger partial charge in [-0.05, 0) is 35.1 Å². The van der Waals surface area contributed by atoms with E-state index in [-0.39, 0.29) is 23.7 Å². The Labute approximate surface area is 182 Å². The molecule has 4 unspecified atom stereocenters. The summed E-state index contributed by atoms with van der Waals surface area (Å²) in [5, 5.41) is 19.7. The molecule has 0 N–H and O–H groups in total. The van der Waals surface area contributed by atoms with E-state index in [1.807, 2.05) is 12.1 Å². The van der Waals surface area contributed by atoms with Gasteiger partial charge in [-0.1, -0.05) is 84.9 Å². The number of hydrogen-bond donors (Lipinski definition) is 0. The van der Waals surface area contributed by atoms with Gasteiger partial charge in [0.25, 0.3) is 0 Å². The van der Waals surface area contributed by atoms with E-state index in [1.165, 1.54) is 11.1 Å². The number of benzene rings is 3. The van der Waals surface area contributed by atoms with Gasteiger partial charge in [0.05, 0.1) is 24.0 Å². The Kier molecular flexibility index (Phi) is 3.88. The van der Waals surface area contributed by atoms with Crippen molar-refractivity contribution in [3.8, 4) is 12.1 Å². The largest absolute Gasteiger partial charge is 0.349 e. The highest BCUT2D eigenvalue weighted by Crippen LogP contribution is 2.72. The fourth-order valence-electron chi connectivity index (χ4n) is 6.66. The van der Waals surface area contributed by atoms with Crippen molar-refractivity contribution >= 4 is 0 Å². The summed E-state index contributed by atoms with van der Waals surface area (Å²) >= 11 is 0. The van der Waals surface area contributed by atoms with Gasteiger partial charge in [-0.3, -0.25) is 0 Å². The Morgan fingerprint density at radius 2 is 1.00 bits per heavy atom. The van der Waals surface area contributed by atoms with Crippen LogP contribution in [0.25, 0.3) is 0 Å². The Hall–Kier alpha value is -3.40. The number of rotatable bonds is 2. The molecule has 3 aliphatic rings. The summed E-state index contributed by atoms with van der Waals surface area (Å²) in [6.45, 7) is 0. The lowest BCUT2D eigenvalue weighted by Gasteiger charge is -2.45. The highest BCUT2D eigenvalue weighted by molar-refractivity contribution is 5.57. The zero-order chi connectivity index (χ0) is 21.1. The van der Waals surface area contributed by atoms with Crippen molar-refractivity contribution < 1.29 is 4.74 Å². The van der Waals surface area contributed by atoms with Gasteiger partial charge in [0.1, 0.15) is 11.2 Å². The average molecular weight is 402 g/mol. The predicted molar refractivity (Wildman–Crippen MR) is 116 cm³/mol. The van der Waals surface area contributed by atoms with Crippen LogP contribution in [0.3, 0.4) is 0 Å². The van der Waals surface area contributed by atoms with Crippen molar-refractivity contribution in [2.24, 2.45) is 23.7 Å². The molecule has 3 aromatic rings. The molecule has 31 heavy (non-hydrogen) atoms. The first-order valence-electron chi connectivity index (χ1n) is 11.0. The molecule has 2 fully saturated rings. The van der Waals surface area contributed by atoms with E-state index in [1.54, 1.807) is 0 Å². The van der Waals surface area contributed by atoms with E-state index >= 15 is 0 Å². The van der Waals surface area contributed by atoms with E-state index in [2.05, 4.69) is 84.9 Å². The molecule has 2 heterocycles. The minimum Gasteiger partial charge on any atom is -0.349 e. The summed E-state index contributed by atoms with van der Waals surface area (Å²) in [4.78, 5) is 0. The minimum atomic E-state index is -0.603. The summed E-state index contributed by atoms with van der Waals surface area (Å²) < 4.78 is 7.30. The molecule has 6 atom stereocenters. The van der Waals surface area contributed by atoms with Crippen LogP contribution in [-0.4, -0.2) is 0 Å². The predicted octanol–water partition coefficient (Wildman–Crippen LogP) is 5.52. The first-order valence-corrected chi connectivity index (χ1v) is 11.0. The second-order valence-electron chi connectivity index (χ2n) is 9.01. The van der Waals surface area contributed by atoms with Crippen molar-refractivity contribution in [1.29, 1.82) is 10.5 Å². The maximum absolute atomic E-state index is 9.87. The molecule has 0 amide bonds. The van der Waals surface area contributed by atoms with Crippen LogP contribution in [0.1, 0.15) is 35.1 Å². The average Bonchev–Trinajstić information content (AvgIpc) is 3.33. The lowest BCUT2D eigenvalue weighted by molar-refractivity contribution is -0.0573. The molecule has 1 aliphatic carbocycles. The van der Waals surface area contributed by atoms with Gasteiger partial charge < -0.3 is 4.74 Å². The van der Waals surface area contributed by atoms with Gasteiger partial charge in [-0.15, -0.1) is 0 Å². The van der Waals surface area contributed by atoms with E-state index in [0.29, 0.717) is 12.8 Å². The van der Waals surface area contributed by atoms with Crippen LogP contribution in [0, 0.1) is 46.3 Å². The quantitative estimate of drug-likeness (QED) is 0.567. The molecule has 1 saturated carbocycles. The topological polar surface area (TPSA) is 56.8 Å². The number of nitriles is 2. The zero-order valence-electron chi connectivity index (χ0n) is 17.1. The maximum Gasteiger partial charge on any atom is 0.123 e. The standard InChI is InChI=1S/C28H22N2O/c29-17-19-15-25-26(16-20(19)18-30)28(22-11-5-2-6-12-22)24-14-8-7-13-23(24)27(25,31-28)21-9-3-1-4-10-21/h1-14,19-20,25-26H,15-16H2/t19?,20?,25?,26?,27-,28+. The molecule has 2 aliphatic heterocycles. The summed E-state index contributed by atoms with van der Waals surface area (Å²) in [6, 6.07) is 34.4. The number of hydrogen-bond acceptors (Lipinski definition) is 3. The first kappa shape index (κ1) is 18.4. The fraction of sp³-hybridized carbons (Fsp3) is 0.286. The third kappa shape index (κ3) is 2.20. The SMILES string of the molecule is N#CC1CC2C(CC1C#N)[C@@]1(c3ccccc3)O[C@]2(c2ccccc2)c2ccccc21. The van der Waals surface area contributed by atoms with E-state index in [9.17, 15) is 10.5 Å². The summed E-state index contributed by atoms with van der Waals surface area (Å²) in [6.07, 6.45) is 1.36. The molecule has 0 aromatic heterocycles. The lowest BCUT2D eigenvalue weighted by atomic mass is 9.53.